The minimum absolute atomic E-state index is 0.682. The zero-order chi connectivity index (χ0) is 24.7. The first-order valence-electron chi connectivity index (χ1n) is 12.8. The first kappa shape index (κ1) is 24.6. The maximum absolute atomic E-state index is 2.38. The average Bonchev–Trinajstić information content (AvgIpc) is 2.96. The second kappa shape index (κ2) is 11.8. The van der Waals surface area contributed by atoms with Crippen molar-refractivity contribution in [2.45, 2.75) is 26.7 Å². The van der Waals surface area contributed by atoms with E-state index >= 15 is 0 Å². The molecule has 0 saturated heterocycles. The molecule has 0 radical (unpaired) electrons. The van der Waals surface area contributed by atoms with Gasteiger partial charge in [-0.2, -0.15) is 0 Å². The molecule has 0 atom stereocenters. The molecule has 0 fully saturated rings. The number of hydrogen-bond donors (Lipinski definition) is 0. The van der Waals surface area contributed by atoms with Gasteiger partial charge in [0.25, 0.3) is 0 Å². The number of aryl methyl sites for hydroxylation is 2. The van der Waals surface area contributed by atoms with Gasteiger partial charge >= 0.3 is 0 Å². The van der Waals surface area contributed by atoms with E-state index in [2.05, 4.69) is 147 Å². The molecule has 0 amide bonds. The fourth-order valence-electron chi connectivity index (χ4n) is 4.61. The lowest BCUT2D eigenvalue weighted by atomic mass is 10.2. The predicted molar refractivity (Wildman–Crippen MR) is 163 cm³/mol. The third-order valence-electron chi connectivity index (χ3n) is 6.60. The first-order chi connectivity index (χ1) is 17.8. The Morgan fingerprint density at radius 2 is 0.667 bits per heavy atom. The molecule has 0 aliphatic carbocycles. The number of hydrogen-bond acceptors (Lipinski definition) is 0. The zero-order valence-corrected chi connectivity index (χ0v) is 22.8. The van der Waals surface area contributed by atoms with Crippen LogP contribution in [0.2, 0.25) is 0 Å². The van der Waals surface area contributed by atoms with Gasteiger partial charge in [-0.05, 0) is 71.6 Å². The molecule has 0 heterocycles. The molecule has 0 unspecified atom stereocenters. The molecule has 5 aromatic carbocycles. The van der Waals surface area contributed by atoms with E-state index in [0.717, 1.165) is 12.8 Å². The number of benzene rings is 5. The molecule has 5 aromatic rings. The summed E-state index contributed by atoms with van der Waals surface area (Å²) < 4.78 is 0. The van der Waals surface area contributed by atoms with Crippen LogP contribution in [0, 0.1) is 0 Å². The number of rotatable bonds is 8. The maximum atomic E-state index is 2.38. The lowest BCUT2D eigenvalue weighted by Crippen LogP contribution is -2.34. The summed E-state index contributed by atoms with van der Waals surface area (Å²) in [6.45, 7) is 4.45. The van der Waals surface area contributed by atoms with Crippen molar-refractivity contribution in [3.8, 4) is 0 Å². The van der Waals surface area contributed by atoms with Gasteiger partial charge in [0, 0.05) is 0 Å². The Balaban J connectivity index is 1.72. The highest BCUT2D eigenvalue weighted by Crippen LogP contribution is 2.39. The molecule has 0 N–H and O–H groups in total. The molecule has 5 rings (SSSR count). The van der Waals surface area contributed by atoms with Gasteiger partial charge in [0.2, 0.25) is 0 Å². The van der Waals surface area contributed by atoms with Crippen molar-refractivity contribution in [3.05, 3.63) is 145 Å². The summed E-state index contributed by atoms with van der Waals surface area (Å²) in [5.74, 6) is 0. The fourth-order valence-corrected chi connectivity index (χ4v) is 9.83. The van der Waals surface area contributed by atoms with Crippen molar-refractivity contribution < 1.29 is 0 Å². The van der Waals surface area contributed by atoms with Gasteiger partial charge < -0.3 is 0 Å². The van der Waals surface area contributed by atoms with Crippen molar-refractivity contribution in [1.82, 2.24) is 0 Å². The van der Waals surface area contributed by atoms with Crippen molar-refractivity contribution in [1.29, 1.82) is 0 Å². The third kappa shape index (κ3) is 5.37. The molecular formula is C34H32P2. The third-order valence-corrected chi connectivity index (χ3v) is 11.8. The Bertz CT molecular complexity index is 1290. The van der Waals surface area contributed by atoms with E-state index in [1.165, 1.54) is 43.0 Å². The molecule has 0 spiro atoms. The van der Waals surface area contributed by atoms with Crippen LogP contribution in [-0.4, -0.2) is 0 Å². The van der Waals surface area contributed by atoms with Crippen LogP contribution in [-0.2, 0) is 12.8 Å². The highest BCUT2D eigenvalue weighted by Gasteiger charge is 2.25. The van der Waals surface area contributed by atoms with Crippen LogP contribution in [0.5, 0.6) is 0 Å². The molecule has 0 aliphatic heterocycles. The Hall–Kier alpha value is -3.04. The standard InChI is InChI=1S/C34H32P2/c1-3-27-19-23-31(24-20-27)36(32-25-21-28(4-2)22-26-32)34-18-12-11-17-33(34)35(29-13-7-5-8-14-29)30-15-9-6-10-16-30/h5-26H,3-4H2,1-2H3. The molecule has 178 valence electrons. The van der Waals surface area contributed by atoms with Crippen molar-refractivity contribution in [3.63, 3.8) is 0 Å². The van der Waals surface area contributed by atoms with Gasteiger partial charge in [0.15, 0.2) is 0 Å². The van der Waals surface area contributed by atoms with Crippen LogP contribution in [0.15, 0.2) is 133 Å². The summed E-state index contributed by atoms with van der Waals surface area (Å²) >= 11 is 0. The van der Waals surface area contributed by atoms with Crippen molar-refractivity contribution in [2.75, 3.05) is 0 Å². The molecular weight excluding hydrogens is 470 g/mol. The summed E-state index contributed by atoms with van der Waals surface area (Å²) in [6, 6.07) is 50.0. The van der Waals surface area contributed by atoms with Crippen LogP contribution >= 0.6 is 15.8 Å². The molecule has 36 heavy (non-hydrogen) atoms. The summed E-state index contributed by atoms with van der Waals surface area (Å²) in [6.07, 6.45) is 2.13. The maximum Gasteiger partial charge on any atom is -0.00675 e. The Morgan fingerprint density at radius 3 is 1.00 bits per heavy atom. The van der Waals surface area contributed by atoms with Crippen LogP contribution in [0.1, 0.15) is 25.0 Å². The minimum atomic E-state index is -0.699. The van der Waals surface area contributed by atoms with Crippen LogP contribution in [0.4, 0.5) is 0 Å². The fraction of sp³-hybridized carbons (Fsp3) is 0.118. The van der Waals surface area contributed by atoms with Crippen LogP contribution < -0.4 is 31.8 Å². The second-order valence-corrected chi connectivity index (χ2v) is 13.2. The normalized spacial score (nSPS) is 11.2. The van der Waals surface area contributed by atoms with Gasteiger partial charge in [-0.15, -0.1) is 0 Å². The van der Waals surface area contributed by atoms with E-state index in [1.54, 1.807) is 0 Å². The van der Waals surface area contributed by atoms with Gasteiger partial charge in [0.05, 0.1) is 0 Å². The van der Waals surface area contributed by atoms with Crippen LogP contribution in [0.25, 0.3) is 0 Å². The van der Waals surface area contributed by atoms with Gasteiger partial charge in [-0.3, -0.25) is 0 Å². The van der Waals surface area contributed by atoms with E-state index in [9.17, 15) is 0 Å². The molecule has 0 nitrogen and oxygen atoms in total. The van der Waals surface area contributed by atoms with Crippen LogP contribution in [0.3, 0.4) is 0 Å². The SMILES string of the molecule is CCc1ccc(P(c2ccc(CC)cc2)c2ccccc2P(c2ccccc2)c2ccccc2)cc1. The van der Waals surface area contributed by atoms with E-state index in [-0.39, 0.29) is 0 Å². The van der Waals surface area contributed by atoms with E-state index < -0.39 is 15.8 Å². The molecule has 0 bridgehead atoms. The monoisotopic (exact) mass is 502 g/mol. The van der Waals surface area contributed by atoms with E-state index in [0.29, 0.717) is 0 Å². The Labute approximate surface area is 218 Å². The molecule has 0 aliphatic rings. The van der Waals surface area contributed by atoms with E-state index in [1.807, 2.05) is 0 Å². The Morgan fingerprint density at radius 1 is 0.361 bits per heavy atom. The minimum Gasteiger partial charge on any atom is -0.0622 e. The smallest absolute Gasteiger partial charge is 0.00675 e. The lowest BCUT2D eigenvalue weighted by Gasteiger charge is -2.27. The van der Waals surface area contributed by atoms with Crippen molar-refractivity contribution >= 4 is 47.7 Å². The predicted octanol–water partition coefficient (Wildman–Crippen LogP) is 6.33. The second-order valence-electron chi connectivity index (χ2n) is 8.87. The molecule has 0 saturated carbocycles. The largest absolute Gasteiger partial charge is 0.0622 e. The summed E-state index contributed by atoms with van der Waals surface area (Å²) in [5.41, 5.74) is 2.78. The first-order valence-corrected chi connectivity index (χ1v) is 15.4. The molecule has 0 aromatic heterocycles. The van der Waals surface area contributed by atoms with Gasteiger partial charge in [0.1, 0.15) is 0 Å². The zero-order valence-electron chi connectivity index (χ0n) is 21.0. The van der Waals surface area contributed by atoms with E-state index in [4.69, 9.17) is 0 Å². The highest BCUT2D eigenvalue weighted by atomic mass is 31.1. The summed E-state index contributed by atoms with van der Waals surface area (Å²) in [4.78, 5) is 0. The average molecular weight is 503 g/mol. The van der Waals surface area contributed by atoms with Crippen molar-refractivity contribution in [2.24, 2.45) is 0 Å². The summed E-state index contributed by atoms with van der Waals surface area (Å²) in [5, 5.41) is 8.52. The highest BCUT2D eigenvalue weighted by molar-refractivity contribution is 7.85. The van der Waals surface area contributed by atoms with Gasteiger partial charge in [-0.1, -0.05) is 147 Å². The lowest BCUT2D eigenvalue weighted by molar-refractivity contribution is 1.14. The topological polar surface area (TPSA) is 0 Å². The quantitative estimate of drug-likeness (QED) is 0.218. The summed E-state index contributed by atoms with van der Waals surface area (Å²) in [7, 11) is -1.38. The Kier molecular flexibility index (Phi) is 8.08. The van der Waals surface area contributed by atoms with Gasteiger partial charge in [-0.25, -0.2) is 0 Å². The molecule has 2 heteroatoms.